The molecule has 1 aliphatic heterocycles. The zero-order valence-electron chi connectivity index (χ0n) is 12.0. The normalized spacial score (nSPS) is 21.6. The molecule has 1 N–H and O–H groups in total. The Hall–Kier alpha value is -1.44. The average molecular weight is 328 g/mol. The van der Waals surface area contributed by atoms with E-state index in [2.05, 4.69) is 0 Å². The third kappa shape index (κ3) is 4.06. The summed E-state index contributed by atoms with van der Waals surface area (Å²) in [4.78, 5) is 25.2. The highest BCUT2D eigenvalue weighted by Gasteiger charge is 2.41. The summed E-state index contributed by atoms with van der Waals surface area (Å²) in [7, 11) is -0.957. The molecule has 118 valence electrons. The van der Waals surface area contributed by atoms with E-state index < -0.39 is 37.6 Å². The van der Waals surface area contributed by atoms with Crippen LogP contribution in [0, 0.1) is 0 Å². The maximum Gasteiger partial charge on any atom is 0.377 e. The highest BCUT2D eigenvalue weighted by Crippen LogP contribution is 2.22. The molecule has 0 saturated carbocycles. The van der Waals surface area contributed by atoms with Gasteiger partial charge in [-0.15, -0.1) is 0 Å². The zero-order valence-corrected chi connectivity index (χ0v) is 12.8. The van der Waals surface area contributed by atoms with Crippen LogP contribution >= 0.6 is 11.6 Å². The van der Waals surface area contributed by atoms with Crippen LogP contribution in [0.5, 0.6) is 0 Å². The number of nitrogens with zero attached hydrogens (tertiary/aromatic N) is 1. The molecule has 1 fully saturated rings. The lowest BCUT2D eigenvalue weighted by Crippen LogP contribution is -2.45. The number of carbonyl (C=O) groups is 2. The van der Waals surface area contributed by atoms with E-state index >= 15 is 0 Å². The summed E-state index contributed by atoms with van der Waals surface area (Å²) in [5.74, 6) is -1.11. The summed E-state index contributed by atoms with van der Waals surface area (Å²) in [6.07, 6.45) is -1.24. The monoisotopic (exact) mass is 327 g/mol. The standard InChI is InChI=1S/C14H16BClFNO4/c1-15(21)18-7-11(17)6-12(18)14(20)22-8-13(19)9-3-2-4-10(16)5-9/h2-5,11-12,21H,6-8H2,1H3/t11-,12+/m1/s1. The van der Waals surface area contributed by atoms with E-state index in [1.54, 1.807) is 18.2 Å². The topological polar surface area (TPSA) is 66.8 Å². The minimum Gasteiger partial charge on any atom is -0.456 e. The molecular weight excluding hydrogens is 311 g/mol. The number of halogens is 2. The van der Waals surface area contributed by atoms with Crippen molar-refractivity contribution >= 4 is 30.4 Å². The first kappa shape index (κ1) is 16.9. The SMILES string of the molecule is CB(O)N1C[C@H](F)C[C@H]1C(=O)OCC(=O)c1cccc(Cl)c1. The Morgan fingerprint density at radius 2 is 2.27 bits per heavy atom. The van der Waals surface area contributed by atoms with E-state index in [-0.39, 0.29) is 13.0 Å². The van der Waals surface area contributed by atoms with Crippen molar-refractivity contribution in [2.24, 2.45) is 0 Å². The first-order valence-corrected chi connectivity index (χ1v) is 7.29. The molecule has 1 saturated heterocycles. The highest BCUT2D eigenvalue weighted by atomic mass is 35.5. The molecule has 1 heterocycles. The minimum atomic E-state index is -1.20. The molecule has 0 aromatic heterocycles. The van der Waals surface area contributed by atoms with Crippen molar-refractivity contribution in [2.75, 3.05) is 13.2 Å². The van der Waals surface area contributed by atoms with Crippen LogP contribution in [0.4, 0.5) is 4.39 Å². The fourth-order valence-corrected chi connectivity index (χ4v) is 2.62. The van der Waals surface area contributed by atoms with E-state index in [4.69, 9.17) is 16.3 Å². The second-order valence-corrected chi connectivity index (χ2v) is 5.66. The van der Waals surface area contributed by atoms with Crippen LogP contribution in [0.2, 0.25) is 11.8 Å². The lowest BCUT2D eigenvalue weighted by Gasteiger charge is -2.22. The van der Waals surface area contributed by atoms with E-state index in [0.29, 0.717) is 10.6 Å². The van der Waals surface area contributed by atoms with Crippen molar-refractivity contribution in [3.63, 3.8) is 0 Å². The van der Waals surface area contributed by atoms with Crippen LogP contribution in [0.1, 0.15) is 16.8 Å². The number of alkyl halides is 1. The predicted octanol–water partition coefficient (Wildman–Crippen LogP) is 1.59. The Morgan fingerprint density at radius 1 is 1.55 bits per heavy atom. The molecule has 0 amide bonds. The van der Waals surface area contributed by atoms with Gasteiger partial charge in [0.25, 0.3) is 0 Å². The van der Waals surface area contributed by atoms with Crippen molar-refractivity contribution in [2.45, 2.75) is 25.5 Å². The maximum atomic E-state index is 13.4. The molecule has 1 aliphatic rings. The number of hydrogen-bond donors (Lipinski definition) is 1. The molecular formula is C14H16BClFNO4. The average Bonchev–Trinajstić information content (AvgIpc) is 2.86. The number of carbonyl (C=O) groups excluding carboxylic acids is 2. The molecule has 0 spiro atoms. The van der Waals surface area contributed by atoms with Crippen LogP contribution in [0.25, 0.3) is 0 Å². The smallest absolute Gasteiger partial charge is 0.377 e. The van der Waals surface area contributed by atoms with E-state index in [0.717, 1.165) is 0 Å². The molecule has 2 atom stereocenters. The molecule has 0 bridgehead atoms. The number of benzene rings is 1. The van der Waals surface area contributed by atoms with Gasteiger partial charge in [-0.1, -0.05) is 23.7 Å². The lowest BCUT2D eigenvalue weighted by molar-refractivity contribution is -0.146. The van der Waals surface area contributed by atoms with Gasteiger partial charge < -0.3 is 14.6 Å². The van der Waals surface area contributed by atoms with E-state index in [1.807, 2.05) is 0 Å². The zero-order chi connectivity index (χ0) is 16.3. The first-order valence-electron chi connectivity index (χ1n) is 6.91. The van der Waals surface area contributed by atoms with Crippen LogP contribution in [-0.2, 0) is 9.53 Å². The summed E-state index contributed by atoms with van der Waals surface area (Å²) in [5, 5.41) is 9.96. The summed E-state index contributed by atoms with van der Waals surface area (Å²) in [5.41, 5.74) is 0.336. The number of Topliss-reactive ketones (excluding diaryl/α,β-unsaturated/α-hetero) is 1. The Balaban J connectivity index is 1.93. The van der Waals surface area contributed by atoms with Crippen molar-refractivity contribution in [1.29, 1.82) is 0 Å². The van der Waals surface area contributed by atoms with Gasteiger partial charge in [-0.05, 0) is 19.0 Å². The maximum absolute atomic E-state index is 13.4. The third-order valence-electron chi connectivity index (χ3n) is 3.53. The summed E-state index contributed by atoms with van der Waals surface area (Å²) < 4.78 is 18.4. The Bertz CT molecular complexity index is 572. The van der Waals surface area contributed by atoms with Crippen LogP contribution in [-0.4, -0.2) is 54.0 Å². The van der Waals surface area contributed by atoms with Crippen molar-refractivity contribution in [1.82, 2.24) is 4.81 Å². The Kier molecular flexibility index (Phi) is 5.55. The van der Waals surface area contributed by atoms with Crippen LogP contribution < -0.4 is 0 Å². The molecule has 1 aromatic carbocycles. The van der Waals surface area contributed by atoms with E-state index in [9.17, 15) is 19.0 Å². The second kappa shape index (κ2) is 7.22. The molecule has 22 heavy (non-hydrogen) atoms. The summed E-state index contributed by atoms with van der Waals surface area (Å²) in [6, 6.07) is 5.42. The van der Waals surface area contributed by atoms with Crippen molar-refractivity contribution < 1.29 is 23.7 Å². The second-order valence-electron chi connectivity index (χ2n) is 5.22. The third-order valence-corrected chi connectivity index (χ3v) is 3.77. The van der Waals surface area contributed by atoms with Crippen molar-refractivity contribution in [3.05, 3.63) is 34.9 Å². The molecule has 0 radical (unpaired) electrons. The Labute approximate surface area is 133 Å². The molecule has 0 aliphatic carbocycles. The van der Waals surface area contributed by atoms with Gasteiger partial charge in [0, 0.05) is 23.6 Å². The summed E-state index contributed by atoms with van der Waals surface area (Å²) >= 11 is 5.79. The van der Waals surface area contributed by atoms with Gasteiger partial charge in [-0.2, -0.15) is 0 Å². The largest absolute Gasteiger partial charge is 0.456 e. The van der Waals surface area contributed by atoms with Gasteiger partial charge in [-0.25, -0.2) is 4.39 Å². The van der Waals surface area contributed by atoms with Gasteiger partial charge in [0.2, 0.25) is 0 Å². The fourth-order valence-electron chi connectivity index (χ4n) is 2.43. The quantitative estimate of drug-likeness (QED) is 0.505. The first-order chi connectivity index (χ1) is 10.4. The predicted molar refractivity (Wildman–Crippen MR) is 80.6 cm³/mol. The van der Waals surface area contributed by atoms with Gasteiger partial charge in [0.05, 0.1) is 0 Å². The van der Waals surface area contributed by atoms with Crippen LogP contribution in [0.3, 0.4) is 0 Å². The lowest BCUT2D eigenvalue weighted by atomic mass is 9.84. The van der Waals surface area contributed by atoms with Gasteiger partial charge >= 0.3 is 13.0 Å². The minimum absolute atomic E-state index is 0.0281. The number of esters is 1. The Morgan fingerprint density at radius 3 is 2.91 bits per heavy atom. The molecule has 1 aromatic rings. The fraction of sp³-hybridized carbons (Fsp3) is 0.429. The molecule has 2 rings (SSSR count). The van der Waals surface area contributed by atoms with Gasteiger partial charge in [-0.3, -0.25) is 9.59 Å². The number of rotatable bonds is 5. The molecule has 0 unspecified atom stereocenters. The van der Waals surface area contributed by atoms with E-state index in [1.165, 1.54) is 17.7 Å². The number of hydrogen-bond acceptors (Lipinski definition) is 5. The van der Waals surface area contributed by atoms with Gasteiger partial charge in [0.15, 0.2) is 12.4 Å². The number of ketones is 1. The highest BCUT2D eigenvalue weighted by molar-refractivity contribution is 6.45. The number of ether oxygens (including phenoxy) is 1. The summed E-state index contributed by atoms with van der Waals surface area (Å²) in [6.45, 7) is 0.982. The molecule has 5 nitrogen and oxygen atoms in total. The van der Waals surface area contributed by atoms with Crippen LogP contribution in [0.15, 0.2) is 24.3 Å². The molecule has 8 heteroatoms. The van der Waals surface area contributed by atoms with Crippen molar-refractivity contribution in [3.8, 4) is 0 Å². The van der Waals surface area contributed by atoms with Gasteiger partial charge in [0.1, 0.15) is 12.2 Å².